The highest BCUT2D eigenvalue weighted by Crippen LogP contribution is 2.08. The maximum Gasteiger partial charge on any atom is 0.322 e. The van der Waals surface area contributed by atoms with E-state index in [9.17, 15) is 9.59 Å². The summed E-state index contributed by atoms with van der Waals surface area (Å²) in [5.41, 5.74) is 5.72. The second kappa shape index (κ2) is 10.6. The van der Waals surface area contributed by atoms with E-state index in [1.807, 2.05) is 13.8 Å². The van der Waals surface area contributed by atoms with E-state index in [0.717, 1.165) is 6.42 Å². The van der Waals surface area contributed by atoms with Crippen molar-refractivity contribution in [3.8, 4) is 0 Å². The normalized spacial score (nSPS) is 14.1. The summed E-state index contributed by atoms with van der Waals surface area (Å²) in [4.78, 5) is 23.1. The summed E-state index contributed by atoms with van der Waals surface area (Å²) >= 11 is 0. The molecule has 0 aromatic rings. The van der Waals surface area contributed by atoms with Crippen LogP contribution in [-0.2, 0) is 19.1 Å². The molecule has 0 heterocycles. The topological polar surface area (TPSA) is 78.6 Å². The summed E-state index contributed by atoms with van der Waals surface area (Å²) in [6.45, 7) is 10.2. The van der Waals surface area contributed by atoms with Gasteiger partial charge in [-0.05, 0) is 31.6 Å². The molecule has 0 fully saturated rings. The molecule has 2 N–H and O–H groups in total. The summed E-state index contributed by atoms with van der Waals surface area (Å²) in [6, 6.07) is -0.575. The largest absolute Gasteiger partial charge is 0.464 e. The van der Waals surface area contributed by atoms with Crippen molar-refractivity contribution in [2.45, 2.75) is 72.4 Å². The molecule has 0 aliphatic rings. The first-order valence-corrected chi connectivity index (χ1v) is 7.84. The third-order valence-electron chi connectivity index (χ3n) is 3.06. The van der Waals surface area contributed by atoms with Crippen molar-refractivity contribution >= 4 is 11.9 Å². The monoisotopic (exact) mass is 301 g/mol. The second-order valence-electron chi connectivity index (χ2n) is 6.43. The van der Waals surface area contributed by atoms with Gasteiger partial charge < -0.3 is 15.2 Å². The second-order valence-corrected chi connectivity index (χ2v) is 6.43. The number of hydrogen-bond donors (Lipinski definition) is 1. The minimum Gasteiger partial charge on any atom is -0.464 e. The predicted molar refractivity (Wildman–Crippen MR) is 82.6 cm³/mol. The number of nitrogens with two attached hydrogens (primary N) is 1. The van der Waals surface area contributed by atoms with Crippen molar-refractivity contribution in [1.29, 1.82) is 0 Å². The Labute approximate surface area is 128 Å². The quantitative estimate of drug-likeness (QED) is 0.628. The molecule has 0 amide bonds. The highest BCUT2D eigenvalue weighted by Gasteiger charge is 2.17. The van der Waals surface area contributed by atoms with Gasteiger partial charge in [0.25, 0.3) is 0 Å². The van der Waals surface area contributed by atoms with Crippen molar-refractivity contribution in [1.82, 2.24) is 0 Å². The Morgan fingerprint density at radius 1 is 1.00 bits per heavy atom. The fraction of sp³-hybridized carbons (Fsp3) is 0.875. The molecule has 0 bridgehead atoms. The van der Waals surface area contributed by atoms with Crippen LogP contribution in [-0.4, -0.2) is 30.7 Å². The summed E-state index contributed by atoms with van der Waals surface area (Å²) in [5.74, 6) is 0.255. The molecule has 0 saturated carbocycles. The van der Waals surface area contributed by atoms with Gasteiger partial charge in [0.05, 0.1) is 6.61 Å². The van der Waals surface area contributed by atoms with Crippen LogP contribution in [0.4, 0.5) is 0 Å². The Hall–Kier alpha value is -1.10. The Morgan fingerprint density at radius 2 is 1.62 bits per heavy atom. The smallest absolute Gasteiger partial charge is 0.322 e. The van der Waals surface area contributed by atoms with Crippen LogP contribution in [0.5, 0.6) is 0 Å². The zero-order chi connectivity index (χ0) is 16.4. The van der Waals surface area contributed by atoms with Crippen LogP contribution in [0.3, 0.4) is 0 Å². The van der Waals surface area contributed by atoms with Crippen molar-refractivity contribution in [3.05, 3.63) is 0 Å². The van der Waals surface area contributed by atoms with Gasteiger partial charge in [-0.2, -0.15) is 0 Å². The van der Waals surface area contributed by atoms with Gasteiger partial charge in [-0.25, -0.2) is 0 Å². The van der Waals surface area contributed by atoms with E-state index in [4.69, 9.17) is 15.2 Å². The van der Waals surface area contributed by atoms with Gasteiger partial charge in [0.1, 0.15) is 12.1 Å². The zero-order valence-electron chi connectivity index (χ0n) is 14.1. The molecule has 0 aromatic carbocycles. The average Bonchev–Trinajstić information content (AvgIpc) is 2.35. The minimum absolute atomic E-state index is 0.195. The van der Waals surface area contributed by atoms with Gasteiger partial charge in [0, 0.05) is 12.8 Å². The lowest BCUT2D eigenvalue weighted by Crippen LogP contribution is -2.34. The first kappa shape index (κ1) is 19.9. The van der Waals surface area contributed by atoms with Gasteiger partial charge in [0.15, 0.2) is 0 Å². The van der Waals surface area contributed by atoms with Crippen LogP contribution in [0.2, 0.25) is 0 Å². The number of ether oxygens (including phenoxy) is 2. The van der Waals surface area contributed by atoms with Gasteiger partial charge in [-0.1, -0.05) is 27.7 Å². The number of rotatable bonds is 10. The first-order valence-electron chi connectivity index (χ1n) is 7.84. The van der Waals surface area contributed by atoms with Crippen LogP contribution in [0.1, 0.15) is 60.3 Å². The molecule has 5 heteroatoms. The van der Waals surface area contributed by atoms with Crippen LogP contribution < -0.4 is 5.73 Å². The maximum absolute atomic E-state index is 11.6. The molecule has 0 aliphatic carbocycles. The van der Waals surface area contributed by atoms with Crippen LogP contribution in [0, 0.1) is 11.8 Å². The molecular formula is C16H31NO4. The Morgan fingerprint density at radius 3 is 2.14 bits per heavy atom. The number of hydrogen-bond acceptors (Lipinski definition) is 5. The van der Waals surface area contributed by atoms with E-state index in [1.54, 1.807) is 6.92 Å². The van der Waals surface area contributed by atoms with Crippen molar-refractivity contribution in [3.63, 3.8) is 0 Å². The fourth-order valence-electron chi connectivity index (χ4n) is 1.79. The number of esters is 2. The van der Waals surface area contributed by atoms with E-state index in [2.05, 4.69) is 13.8 Å². The molecule has 0 radical (unpaired) electrons. The Kier molecular flexibility index (Phi) is 10.0. The lowest BCUT2D eigenvalue weighted by Gasteiger charge is -2.16. The zero-order valence-corrected chi connectivity index (χ0v) is 14.1. The van der Waals surface area contributed by atoms with E-state index in [-0.39, 0.29) is 24.6 Å². The Balaban J connectivity index is 3.81. The third-order valence-corrected chi connectivity index (χ3v) is 3.06. The fourth-order valence-corrected chi connectivity index (χ4v) is 1.79. The lowest BCUT2D eigenvalue weighted by molar-refractivity contribution is -0.151. The predicted octanol–water partition coefficient (Wildman–Crippen LogP) is 2.66. The molecular weight excluding hydrogens is 270 g/mol. The first-order chi connectivity index (χ1) is 9.72. The maximum atomic E-state index is 11.6. The number of carbonyl (C=O) groups is 2. The van der Waals surface area contributed by atoms with Crippen molar-refractivity contribution in [2.24, 2.45) is 17.6 Å². The van der Waals surface area contributed by atoms with E-state index >= 15 is 0 Å². The molecule has 0 spiro atoms. The SMILES string of the molecule is CC(C)CCC(=O)O[C@H](C)CCOC(=O)[C@@H](N)CC(C)C. The summed E-state index contributed by atoms with van der Waals surface area (Å²) in [5, 5.41) is 0. The summed E-state index contributed by atoms with van der Waals surface area (Å²) < 4.78 is 10.3. The minimum atomic E-state index is -0.575. The molecule has 2 atom stereocenters. The van der Waals surface area contributed by atoms with Crippen molar-refractivity contribution < 1.29 is 19.1 Å². The standard InChI is InChI=1S/C16H31NO4/c1-11(2)6-7-15(18)21-13(5)8-9-20-16(19)14(17)10-12(3)4/h11-14H,6-10,17H2,1-5H3/t13-,14+/m1/s1. The summed E-state index contributed by atoms with van der Waals surface area (Å²) in [7, 11) is 0. The van der Waals surface area contributed by atoms with Crippen LogP contribution in [0.15, 0.2) is 0 Å². The third kappa shape index (κ3) is 11.3. The Bertz CT molecular complexity index is 315. The molecule has 0 rings (SSSR count). The van der Waals surface area contributed by atoms with Crippen LogP contribution >= 0.6 is 0 Å². The highest BCUT2D eigenvalue weighted by atomic mass is 16.6. The molecule has 0 aromatic heterocycles. The molecule has 5 nitrogen and oxygen atoms in total. The van der Waals surface area contributed by atoms with Gasteiger partial charge in [0.2, 0.25) is 0 Å². The van der Waals surface area contributed by atoms with Crippen molar-refractivity contribution in [2.75, 3.05) is 6.61 Å². The molecule has 0 unspecified atom stereocenters. The van der Waals surface area contributed by atoms with Crippen LogP contribution in [0.25, 0.3) is 0 Å². The molecule has 124 valence electrons. The van der Waals surface area contributed by atoms with Gasteiger partial charge in [-0.3, -0.25) is 9.59 Å². The average molecular weight is 301 g/mol. The molecule has 21 heavy (non-hydrogen) atoms. The van der Waals surface area contributed by atoms with E-state index in [1.165, 1.54) is 0 Å². The number of carbonyl (C=O) groups excluding carboxylic acids is 2. The van der Waals surface area contributed by atoms with Gasteiger partial charge in [-0.15, -0.1) is 0 Å². The van der Waals surface area contributed by atoms with E-state index < -0.39 is 6.04 Å². The summed E-state index contributed by atoms with van der Waals surface area (Å²) in [6.07, 6.45) is 2.11. The molecule has 0 aliphatic heterocycles. The van der Waals surface area contributed by atoms with Gasteiger partial charge >= 0.3 is 11.9 Å². The molecule has 0 saturated heterocycles. The van der Waals surface area contributed by atoms with E-state index in [0.29, 0.717) is 31.1 Å². The highest BCUT2D eigenvalue weighted by molar-refractivity contribution is 5.75. The lowest BCUT2D eigenvalue weighted by atomic mass is 10.1.